The molecule has 17 nitrogen and oxygen atoms in total. The van der Waals surface area contributed by atoms with Crippen LogP contribution in [0.3, 0.4) is 0 Å². The summed E-state index contributed by atoms with van der Waals surface area (Å²) >= 11 is 0. The summed E-state index contributed by atoms with van der Waals surface area (Å²) in [5, 5.41) is 13.6. The molecule has 3 aromatic rings. The van der Waals surface area contributed by atoms with Crippen molar-refractivity contribution in [2.75, 3.05) is 33.4 Å². The first-order valence-electron chi connectivity index (χ1n) is 30.7. The number of carboxylic acids is 1. The first-order valence-corrected chi connectivity index (χ1v) is 17.8. The Morgan fingerprint density at radius 3 is 1.77 bits per heavy atom. The molecule has 0 bridgehead atoms. The van der Waals surface area contributed by atoms with Gasteiger partial charge in [-0.15, -0.1) is 0 Å². The molecule has 0 aromatic heterocycles. The molecular weight excluding hydrogens is 810 g/mol. The maximum atomic E-state index is 14.0. The minimum atomic E-state index is -3.86. The summed E-state index contributed by atoms with van der Waals surface area (Å²) in [6.45, 7) is -0.837. The molecule has 4 heterocycles. The summed E-state index contributed by atoms with van der Waals surface area (Å²) in [4.78, 5) is 63.9. The van der Waals surface area contributed by atoms with Crippen molar-refractivity contribution in [3.05, 3.63) is 71.1 Å². The zero-order chi connectivity index (χ0) is 68.3. The maximum Gasteiger partial charge on any atom is 0.417 e. The third-order valence-corrected chi connectivity index (χ3v) is 7.30. The largest absolute Gasteiger partial charge is 0.481 e. The van der Waals surface area contributed by atoms with Crippen molar-refractivity contribution >= 4 is 29.9 Å². The van der Waals surface area contributed by atoms with Gasteiger partial charge in [0.05, 0.1) is 52.7 Å². The van der Waals surface area contributed by atoms with E-state index in [1.54, 1.807) is 13.8 Å². The molecule has 0 radical (unpaired) electrons. The van der Waals surface area contributed by atoms with Crippen LogP contribution < -0.4 is 28.4 Å². The third kappa shape index (κ3) is 12.9. The average Bonchev–Trinajstić information content (AvgIpc) is 0.961. The Morgan fingerprint density at radius 2 is 1.26 bits per heavy atom. The first kappa shape index (κ1) is 22.7. The van der Waals surface area contributed by atoms with E-state index in [0.717, 1.165) is 0 Å². The number of amides is 2. The van der Waals surface area contributed by atoms with Gasteiger partial charge in [0.2, 0.25) is 26.1 Å². The number of hydrogen-bond acceptors (Lipinski definition) is 16. The highest BCUT2D eigenvalue weighted by Gasteiger charge is 2.43. The van der Waals surface area contributed by atoms with Gasteiger partial charge in [0.1, 0.15) is 26.0 Å². The molecule has 7 rings (SSSR count). The topological polar surface area (TPSA) is 212 Å². The SMILES string of the molecule is [2H]OC(=O)C([2H])([2H])c1c([2H])c([2H])c2c(c1[2H])OC([2H])([2H])O2.[2H]c1c([2H])c([C@@]([2H])(C(=O)N2C(=O)OC[C@@H]2C(C)C)C([2H])([2H])C(=O)OC(C)(C)C)c([2H])c2c1OC([2H])([2H])O2.[2H]c1c([2H])c([C@@]([2H])(C([2H])([2H])O)C([2H])([2H])C(=O)OC(C)(C)C)c([2H])c2c1OC([2H])([2H])O2. The number of cyclic esters (lactones) is 1. The van der Waals surface area contributed by atoms with Crippen LogP contribution in [0.25, 0.3) is 1.43 Å². The highest BCUT2D eigenvalue weighted by molar-refractivity contribution is 5.99. The molecule has 336 valence electrons. The molecule has 3 aromatic carbocycles. The number of carbonyl (C=O) groups is 5. The van der Waals surface area contributed by atoms with Crippen LogP contribution in [0.5, 0.6) is 34.5 Å². The van der Waals surface area contributed by atoms with Crippen LogP contribution in [0.2, 0.25) is 0 Å². The fraction of sp³-hybridized carbons (Fsp3) is 0.489. The van der Waals surface area contributed by atoms with Crippen molar-refractivity contribution in [2.45, 2.75) is 104 Å². The lowest BCUT2D eigenvalue weighted by molar-refractivity contribution is -0.157. The van der Waals surface area contributed by atoms with E-state index in [9.17, 15) is 29.1 Å². The van der Waals surface area contributed by atoms with Crippen molar-refractivity contribution < 1.29 is 111 Å². The van der Waals surface area contributed by atoms with E-state index < -0.39 is 216 Å². The van der Waals surface area contributed by atoms with Gasteiger partial charge in [0, 0.05) is 16.9 Å². The highest BCUT2D eigenvalue weighted by Crippen LogP contribution is 2.38. The number of imide groups is 1. The molecule has 0 unspecified atom stereocenters. The van der Waals surface area contributed by atoms with Crippen molar-refractivity contribution in [2.24, 2.45) is 5.92 Å². The Bertz CT molecular complexity index is 3360. The number of carbonyl (C=O) groups excluding carboxylic acids is 4. The van der Waals surface area contributed by atoms with Gasteiger partial charge in [0.15, 0.2) is 34.5 Å². The number of nitrogens with zero attached hydrogens (tertiary/aromatic N) is 1. The molecule has 2 N–H and O–H groups in total. The quantitative estimate of drug-likeness (QED) is 0.155. The van der Waals surface area contributed by atoms with Crippen molar-refractivity contribution in [1.82, 2.24) is 4.90 Å². The van der Waals surface area contributed by atoms with E-state index in [4.69, 9.17) is 68.9 Å². The van der Waals surface area contributed by atoms with E-state index >= 15 is 0 Å². The average molecular weight is 892 g/mol. The molecule has 3 atom stereocenters. The Labute approximate surface area is 396 Å². The molecule has 62 heavy (non-hydrogen) atoms. The Kier molecular flexibility index (Phi) is 7.37. The van der Waals surface area contributed by atoms with Crippen LogP contribution in [0, 0.1) is 5.92 Å². The lowest BCUT2D eigenvalue weighted by atomic mass is 9.92. The fourth-order valence-electron chi connectivity index (χ4n) is 4.75. The van der Waals surface area contributed by atoms with Gasteiger partial charge in [-0.3, -0.25) is 19.2 Å². The molecule has 1 saturated heterocycles. The summed E-state index contributed by atoms with van der Waals surface area (Å²) in [5.74, 6) is -18.4. The molecular formula is C45H55NO16. The molecule has 2 amide bonds. The second-order valence-electron chi connectivity index (χ2n) is 14.7. The number of carboxylic acid groups (broad SMARTS) is 1. The van der Waals surface area contributed by atoms with Gasteiger partial charge in [-0.05, 0) is 100 Å². The van der Waals surface area contributed by atoms with Crippen molar-refractivity contribution in [3.63, 3.8) is 0 Å². The highest BCUT2D eigenvalue weighted by atomic mass is 16.7. The van der Waals surface area contributed by atoms with E-state index in [-0.39, 0.29) is 6.61 Å². The summed E-state index contributed by atoms with van der Waals surface area (Å²) in [6, 6.07) is -9.57. The van der Waals surface area contributed by atoms with Crippen LogP contribution >= 0.6 is 0 Å². The normalized spacial score (nSPS) is 27.0. The fourth-order valence-corrected chi connectivity index (χ4v) is 4.75. The zero-order valence-electron chi connectivity index (χ0n) is 59.9. The van der Waals surface area contributed by atoms with Crippen LogP contribution in [0.1, 0.15) is 131 Å². The van der Waals surface area contributed by atoms with Crippen LogP contribution in [0.15, 0.2) is 54.4 Å². The number of hydrogen-bond donors (Lipinski definition) is 2. The second kappa shape index (κ2) is 20.1. The number of aliphatic carboxylic acids is 1. The number of fused-ring (bicyclic) bond motifs is 3. The van der Waals surface area contributed by atoms with Gasteiger partial charge < -0.3 is 52.8 Å². The van der Waals surface area contributed by atoms with Gasteiger partial charge in [-0.25, -0.2) is 9.69 Å². The predicted molar refractivity (Wildman–Crippen MR) is 219 cm³/mol. The summed E-state index contributed by atoms with van der Waals surface area (Å²) in [7, 11) is 0. The zero-order valence-corrected chi connectivity index (χ0v) is 33.9. The van der Waals surface area contributed by atoms with Crippen LogP contribution in [-0.4, -0.2) is 95.7 Å². The number of ether oxygens (including phenoxy) is 9. The standard InChI is InChI=1S/C21H27NO7.C15H20O5.C9H8O4/c1-12(2)15-10-26-20(25)22(15)19(24)14(9-18(23)29-21(3,4)5)13-6-7-16-17(8-13)28-11-27-16;1-15(2,3)20-14(17)7-11(8-16)10-4-5-12-13(6-10)19-9-18-12;10-9(11)4-6-1-2-7-8(3-6)13-5-12-7/h6-8,12,14-15H,9-11H2,1-5H3;4-6,11,16H,7-9H2,1-3H3;1-3H,4-5H2,(H,10,11)/t14-,15+;11-;/m01./s1/i6D,7D,8D,9D2,11D2,14D;4D,5D,6D,7D2,8D2,9D2,11D;1D,2D,3D,4D2,5D2/hD. The molecule has 0 aliphatic carbocycles. The van der Waals surface area contributed by atoms with Crippen LogP contribution in [0.4, 0.5) is 4.79 Å². The smallest absolute Gasteiger partial charge is 0.417 e. The summed E-state index contributed by atoms with van der Waals surface area (Å²) in [6.07, 6.45) is -11.6. The van der Waals surface area contributed by atoms with Gasteiger partial charge in [-0.2, -0.15) is 0 Å². The number of aliphatic hydroxyl groups is 1. The second-order valence-corrected chi connectivity index (χ2v) is 14.7. The number of esters is 2. The number of benzene rings is 3. The van der Waals surface area contributed by atoms with Gasteiger partial charge in [-0.1, -0.05) is 32.0 Å². The lowest BCUT2D eigenvalue weighted by Gasteiger charge is -2.27. The van der Waals surface area contributed by atoms with E-state index in [2.05, 4.69) is 14.6 Å². The Morgan fingerprint density at radius 1 is 0.774 bits per heavy atom. The molecule has 0 spiro atoms. The van der Waals surface area contributed by atoms with Gasteiger partial charge >= 0.3 is 24.0 Å². The first-order chi connectivity index (χ1) is 39.4. The Hall–Kier alpha value is -6.23. The van der Waals surface area contributed by atoms with Gasteiger partial charge in [0.25, 0.3) is 1.43 Å². The maximum absolute atomic E-state index is 14.0. The van der Waals surface area contributed by atoms with Crippen LogP contribution in [-0.2, 0) is 39.8 Å². The summed E-state index contributed by atoms with van der Waals surface area (Å²) < 4.78 is 249. The van der Waals surface area contributed by atoms with E-state index in [1.807, 2.05) is 0 Å². The minimum Gasteiger partial charge on any atom is -0.481 e. The number of rotatable bonds is 11. The monoisotopic (exact) mass is 892 g/mol. The van der Waals surface area contributed by atoms with E-state index in [0.29, 0.717) is 4.90 Å². The minimum absolute atomic E-state index is 0.278. The van der Waals surface area contributed by atoms with E-state index in [1.165, 1.54) is 41.5 Å². The summed E-state index contributed by atoms with van der Waals surface area (Å²) in [5.41, 5.74) is -5.71. The molecule has 1 fully saturated rings. The Balaban J connectivity index is 0.000000250. The molecule has 0 saturated carbocycles. The third-order valence-electron chi connectivity index (χ3n) is 7.30. The van der Waals surface area contributed by atoms with Crippen molar-refractivity contribution in [3.8, 4) is 34.5 Å². The lowest BCUT2D eigenvalue weighted by Crippen LogP contribution is -2.44. The van der Waals surface area contributed by atoms with Crippen molar-refractivity contribution in [1.29, 1.82) is 1.43 Å². The predicted octanol–water partition coefficient (Wildman–Crippen LogP) is 6.50. The molecule has 4 aliphatic rings. The molecule has 17 heteroatoms. The molecule has 4 aliphatic heterocycles.